The van der Waals surface area contributed by atoms with Gasteiger partial charge in [0.05, 0.1) is 0 Å². The fraction of sp³-hybridized carbons (Fsp3) is 0.200. The molecule has 4 rings (SSSR count). The van der Waals surface area contributed by atoms with E-state index in [-0.39, 0.29) is 5.91 Å². The summed E-state index contributed by atoms with van der Waals surface area (Å²) in [5, 5.41) is 9.80. The number of halogens is 1. The van der Waals surface area contributed by atoms with Gasteiger partial charge in [0.25, 0.3) is 0 Å². The Labute approximate surface area is 202 Å². The molecule has 0 spiro atoms. The first-order chi connectivity index (χ1) is 16.1. The molecule has 2 heterocycles. The molecule has 0 aliphatic carbocycles. The average molecular weight is 478 g/mol. The maximum absolute atomic E-state index is 13.5. The van der Waals surface area contributed by atoms with Gasteiger partial charge in [-0.2, -0.15) is 0 Å². The molecule has 1 atom stereocenters. The van der Waals surface area contributed by atoms with E-state index < -0.39 is 5.25 Å². The van der Waals surface area contributed by atoms with Crippen LogP contribution >= 0.6 is 23.4 Å². The number of hydrogen-bond donors (Lipinski definition) is 0. The molecule has 0 fully saturated rings. The summed E-state index contributed by atoms with van der Waals surface area (Å²) in [6.07, 6.45) is 3.44. The second kappa shape index (κ2) is 10.6. The summed E-state index contributed by atoms with van der Waals surface area (Å²) in [6.45, 7) is 5.27. The van der Waals surface area contributed by atoms with Gasteiger partial charge in [0.1, 0.15) is 5.25 Å². The summed E-state index contributed by atoms with van der Waals surface area (Å²) in [5.41, 5.74) is 2.67. The Hall–Kier alpha value is -3.16. The lowest BCUT2D eigenvalue weighted by Gasteiger charge is -2.25. The molecule has 2 aromatic heterocycles. The summed E-state index contributed by atoms with van der Waals surface area (Å²) in [5.74, 6) is 0.719. The van der Waals surface area contributed by atoms with Crippen LogP contribution < -0.4 is 0 Å². The van der Waals surface area contributed by atoms with Gasteiger partial charge < -0.3 is 4.90 Å². The molecule has 168 valence electrons. The molecule has 1 amide bonds. The van der Waals surface area contributed by atoms with Crippen molar-refractivity contribution in [2.24, 2.45) is 0 Å². The van der Waals surface area contributed by atoms with Crippen molar-refractivity contribution >= 4 is 29.3 Å². The number of thioether (sulfide) groups is 1. The zero-order valence-electron chi connectivity index (χ0n) is 18.4. The van der Waals surface area contributed by atoms with Crippen molar-refractivity contribution in [3.8, 4) is 17.1 Å². The lowest BCUT2D eigenvalue weighted by Crippen LogP contribution is -2.34. The van der Waals surface area contributed by atoms with E-state index in [2.05, 4.69) is 15.2 Å². The number of carbonyl (C=O) groups excluding carboxylic acids is 1. The molecule has 0 bridgehead atoms. The molecule has 0 aliphatic rings. The highest BCUT2D eigenvalue weighted by atomic mass is 35.5. The molecule has 0 aliphatic heterocycles. The maximum atomic E-state index is 13.5. The van der Waals surface area contributed by atoms with E-state index in [9.17, 15) is 4.79 Å². The Morgan fingerprint density at radius 3 is 2.27 bits per heavy atom. The van der Waals surface area contributed by atoms with Crippen LogP contribution in [0.1, 0.15) is 24.7 Å². The van der Waals surface area contributed by atoms with Crippen molar-refractivity contribution in [1.29, 1.82) is 0 Å². The van der Waals surface area contributed by atoms with E-state index in [1.165, 1.54) is 11.8 Å². The number of hydrogen-bond acceptors (Lipinski definition) is 5. The van der Waals surface area contributed by atoms with Crippen molar-refractivity contribution in [3.05, 3.63) is 89.7 Å². The predicted octanol–water partition coefficient (Wildman–Crippen LogP) is 5.68. The molecule has 0 saturated carbocycles. The van der Waals surface area contributed by atoms with Gasteiger partial charge in [0.15, 0.2) is 11.0 Å². The molecule has 2 aromatic carbocycles. The Bertz CT molecular complexity index is 1190. The van der Waals surface area contributed by atoms with Gasteiger partial charge in [0.2, 0.25) is 5.91 Å². The average Bonchev–Trinajstić information content (AvgIpc) is 3.28. The fourth-order valence-electron chi connectivity index (χ4n) is 3.55. The molecule has 6 nitrogen and oxygen atoms in total. The van der Waals surface area contributed by atoms with Crippen LogP contribution in [0.3, 0.4) is 0 Å². The van der Waals surface area contributed by atoms with Gasteiger partial charge in [-0.15, -0.1) is 10.2 Å². The third-order valence-corrected chi connectivity index (χ3v) is 6.72. The molecule has 8 heteroatoms. The molecular weight excluding hydrogens is 454 g/mol. The summed E-state index contributed by atoms with van der Waals surface area (Å²) in [4.78, 5) is 19.5. The molecule has 0 N–H and O–H groups in total. The van der Waals surface area contributed by atoms with Crippen LogP contribution in [-0.2, 0) is 4.79 Å². The molecule has 0 radical (unpaired) electrons. The van der Waals surface area contributed by atoms with E-state index >= 15 is 0 Å². The lowest BCUT2D eigenvalue weighted by molar-refractivity contribution is -0.130. The standard InChI is InChI=1S/C25H24ClN5OS/c1-3-30(4-2)24(32)22(18-8-6-5-7-9-18)33-25-29-28-23(19-14-16-27-17-15-19)31(25)21-12-10-20(26)11-13-21/h5-17,22H,3-4H2,1-2H3/t22-/m0/s1. The minimum atomic E-state index is -0.452. The van der Waals surface area contributed by atoms with Crippen LogP contribution in [-0.4, -0.2) is 43.6 Å². The largest absolute Gasteiger partial charge is 0.342 e. The van der Waals surface area contributed by atoms with Crippen LogP contribution in [0.2, 0.25) is 5.02 Å². The van der Waals surface area contributed by atoms with Gasteiger partial charge in [-0.1, -0.05) is 53.7 Å². The van der Waals surface area contributed by atoms with Crippen molar-refractivity contribution < 1.29 is 4.79 Å². The quantitative estimate of drug-likeness (QED) is 0.305. The number of nitrogens with zero attached hydrogens (tertiary/aromatic N) is 5. The van der Waals surface area contributed by atoms with Crippen molar-refractivity contribution in [2.45, 2.75) is 24.3 Å². The molecule has 0 unspecified atom stereocenters. The van der Waals surface area contributed by atoms with Crippen LogP contribution in [0.15, 0.2) is 84.3 Å². The Morgan fingerprint density at radius 1 is 0.970 bits per heavy atom. The van der Waals surface area contributed by atoms with Crippen molar-refractivity contribution in [3.63, 3.8) is 0 Å². The first-order valence-electron chi connectivity index (χ1n) is 10.7. The number of pyridine rings is 1. The number of carbonyl (C=O) groups is 1. The Morgan fingerprint density at radius 2 is 1.64 bits per heavy atom. The Kier molecular flexibility index (Phi) is 7.42. The maximum Gasteiger partial charge on any atom is 0.240 e. The SMILES string of the molecule is CCN(CC)C(=O)[C@@H](Sc1nnc(-c2ccncc2)n1-c1ccc(Cl)cc1)c1ccccc1. The van der Waals surface area contributed by atoms with Gasteiger partial charge in [0, 0.05) is 41.8 Å². The predicted molar refractivity (Wildman–Crippen MR) is 133 cm³/mol. The number of aromatic nitrogens is 4. The first kappa shape index (κ1) is 23.0. The number of rotatable bonds is 8. The topological polar surface area (TPSA) is 63.9 Å². The normalized spacial score (nSPS) is 11.8. The highest BCUT2D eigenvalue weighted by Gasteiger charge is 2.29. The van der Waals surface area contributed by atoms with Crippen LogP contribution in [0.4, 0.5) is 0 Å². The zero-order chi connectivity index (χ0) is 23.2. The Balaban J connectivity index is 1.82. The number of benzene rings is 2. The highest BCUT2D eigenvalue weighted by Crippen LogP contribution is 2.38. The van der Waals surface area contributed by atoms with Crippen LogP contribution in [0.5, 0.6) is 0 Å². The molecule has 4 aromatic rings. The van der Waals surface area contributed by atoms with Crippen molar-refractivity contribution in [2.75, 3.05) is 13.1 Å². The molecular formula is C25H24ClN5OS. The summed E-state index contributed by atoms with van der Waals surface area (Å²) >= 11 is 7.54. The lowest BCUT2D eigenvalue weighted by atomic mass is 10.1. The van der Waals surface area contributed by atoms with Crippen molar-refractivity contribution in [1.82, 2.24) is 24.6 Å². The second-order valence-electron chi connectivity index (χ2n) is 7.27. The van der Waals surface area contributed by atoms with Crippen LogP contribution in [0.25, 0.3) is 17.1 Å². The molecule has 33 heavy (non-hydrogen) atoms. The third kappa shape index (κ3) is 5.10. The van der Waals surface area contributed by atoms with Gasteiger partial charge in [-0.3, -0.25) is 14.3 Å². The summed E-state index contributed by atoms with van der Waals surface area (Å²) in [7, 11) is 0. The van der Waals surface area contributed by atoms with E-state index in [0.29, 0.717) is 29.1 Å². The summed E-state index contributed by atoms with van der Waals surface area (Å²) in [6, 6.07) is 21.1. The van der Waals surface area contributed by atoms with Gasteiger partial charge >= 0.3 is 0 Å². The highest BCUT2D eigenvalue weighted by molar-refractivity contribution is 8.00. The smallest absolute Gasteiger partial charge is 0.240 e. The number of amides is 1. The summed E-state index contributed by atoms with van der Waals surface area (Å²) < 4.78 is 1.96. The van der Waals surface area contributed by atoms with Gasteiger partial charge in [-0.25, -0.2) is 0 Å². The van der Waals surface area contributed by atoms with E-state index in [0.717, 1.165) is 16.8 Å². The first-order valence-corrected chi connectivity index (χ1v) is 12.0. The fourth-order valence-corrected chi connectivity index (χ4v) is 4.82. The minimum absolute atomic E-state index is 0.0484. The second-order valence-corrected chi connectivity index (χ2v) is 8.78. The van der Waals surface area contributed by atoms with Crippen LogP contribution in [0, 0.1) is 0 Å². The van der Waals surface area contributed by atoms with E-state index in [4.69, 9.17) is 11.6 Å². The number of likely N-dealkylation sites (N-methyl/N-ethyl adjacent to an activating group) is 1. The van der Waals surface area contributed by atoms with E-state index in [1.807, 2.05) is 90.0 Å². The zero-order valence-corrected chi connectivity index (χ0v) is 20.0. The third-order valence-electron chi connectivity index (χ3n) is 5.28. The van der Waals surface area contributed by atoms with Gasteiger partial charge in [-0.05, 0) is 55.8 Å². The monoisotopic (exact) mass is 477 g/mol. The molecule has 0 saturated heterocycles. The minimum Gasteiger partial charge on any atom is -0.342 e. The van der Waals surface area contributed by atoms with E-state index in [1.54, 1.807) is 12.4 Å².